The van der Waals surface area contributed by atoms with E-state index in [0.29, 0.717) is 41.4 Å². The number of benzene rings is 4. The third-order valence-electron chi connectivity index (χ3n) is 7.05. The van der Waals surface area contributed by atoms with Crippen LogP contribution < -0.4 is 19.5 Å². The van der Waals surface area contributed by atoms with E-state index in [1.807, 2.05) is 67.6 Å². The largest absolute Gasteiger partial charge is 0.497 e. The van der Waals surface area contributed by atoms with Crippen LogP contribution in [0.4, 0.5) is 11.5 Å². The number of terminal acetylenes is 1. The Bertz CT molecular complexity index is 1820. The van der Waals surface area contributed by atoms with Crippen LogP contribution in [-0.2, 0) is 14.3 Å². The quantitative estimate of drug-likeness (QED) is 0.0965. The maximum atomic E-state index is 12.9. The molecule has 0 radical (unpaired) electrons. The highest BCUT2D eigenvalue weighted by molar-refractivity contribution is 5.93. The summed E-state index contributed by atoms with van der Waals surface area (Å²) in [5, 5.41) is 6.08. The van der Waals surface area contributed by atoms with Gasteiger partial charge in [-0.25, -0.2) is 9.97 Å². The summed E-state index contributed by atoms with van der Waals surface area (Å²) in [6.07, 6.45) is 7.04. The lowest BCUT2D eigenvalue weighted by molar-refractivity contribution is -0.145. The van der Waals surface area contributed by atoms with Crippen molar-refractivity contribution in [3.8, 4) is 29.6 Å². The van der Waals surface area contributed by atoms with Crippen LogP contribution in [0.25, 0.3) is 21.7 Å². The number of nitrogens with one attached hydrogen (secondary N) is 1. The van der Waals surface area contributed by atoms with Crippen molar-refractivity contribution in [2.24, 2.45) is 0 Å². The molecule has 1 atom stereocenters. The summed E-state index contributed by atoms with van der Waals surface area (Å²) >= 11 is 0. The van der Waals surface area contributed by atoms with Crippen LogP contribution in [0.2, 0.25) is 0 Å². The van der Waals surface area contributed by atoms with E-state index in [-0.39, 0.29) is 19.2 Å². The van der Waals surface area contributed by atoms with Crippen LogP contribution >= 0.6 is 0 Å². The van der Waals surface area contributed by atoms with Crippen LogP contribution in [0.1, 0.15) is 24.0 Å². The highest BCUT2D eigenvalue weighted by atomic mass is 16.6. The molecule has 44 heavy (non-hydrogen) atoms. The minimum atomic E-state index is -0.450. The van der Waals surface area contributed by atoms with E-state index in [4.69, 9.17) is 30.1 Å². The number of aromatic nitrogens is 2. The van der Waals surface area contributed by atoms with Crippen LogP contribution in [-0.4, -0.2) is 56.6 Å². The number of nitrogens with zero attached hydrogens (tertiary/aromatic N) is 2. The molecule has 1 aromatic heterocycles. The van der Waals surface area contributed by atoms with E-state index in [2.05, 4.69) is 21.2 Å². The number of esters is 1. The standard InChI is InChI=1S/C35H33N3O6/c1-5-24-7-6-8-28(17-24)38-34-30-20-32(33(42-14-13-40-3)21-31(30)36-22-37-34)43-15-16-44-35(39)23(2)25-9-10-27-19-29(41-4)12-11-26(27)18-25/h1,6-12,17-23H,13-16H2,2-4H3,(H,36,37,38). The summed E-state index contributed by atoms with van der Waals surface area (Å²) in [4.78, 5) is 21.7. The average molecular weight is 592 g/mol. The molecule has 1 unspecified atom stereocenters. The smallest absolute Gasteiger partial charge is 0.313 e. The predicted molar refractivity (Wildman–Crippen MR) is 170 cm³/mol. The molecule has 1 N–H and O–H groups in total. The summed E-state index contributed by atoms with van der Waals surface area (Å²) < 4.78 is 28.0. The van der Waals surface area contributed by atoms with Gasteiger partial charge in [0.25, 0.3) is 0 Å². The number of hydrogen-bond donors (Lipinski definition) is 1. The lowest BCUT2D eigenvalue weighted by Gasteiger charge is -2.16. The fourth-order valence-electron chi connectivity index (χ4n) is 4.64. The molecular formula is C35H33N3O6. The monoisotopic (exact) mass is 591 g/mol. The minimum absolute atomic E-state index is 0.0543. The van der Waals surface area contributed by atoms with Gasteiger partial charge < -0.3 is 29.0 Å². The normalized spacial score (nSPS) is 11.5. The van der Waals surface area contributed by atoms with Gasteiger partial charge in [0, 0.05) is 29.8 Å². The molecule has 9 nitrogen and oxygen atoms in total. The third kappa shape index (κ3) is 7.17. The van der Waals surface area contributed by atoms with Crippen molar-refractivity contribution < 1.29 is 28.5 Å². The van der Waals surface area contributed by atoms with E-state index in [1.54, 1.807) is 26.4 Å². The number of anilines is 2. The Kier molecular flexibility index (Phi) is 9.74. The number of fused-ring (bicyclic) bond motifs is 2. The Morgan fingerprint density at radius 3 is 2.45 bits per heavy atom. The summed E-state index contributed by atoms with van der Waals surface area (Å²) in [5.74, 6) is 4.15. The molecule has 0 aliphatic rings. The number of methoxy groups -OCH3 is 2. The number of hydrogen-bond acceptors (Lipinski definition) is 9. The van der Waals surface area contributed by atoms with E-state index >= 15 is 0 Å². The first-order valence-electron chi connectivity index (χ1n) is 14.1. The van der Waals surface area contributed by atoms with Crippen molar-refractivity contribution in [1.29, 1.82) is 0 Å². The summed E-state index contributed by atoms with van der Waals surface area (Å²) in [7, 11) is 3.24. The molecule has 0 amide bonds. The Morgan fingerprint density at radius 1 is 0.886 bits per heavy atom. The molecule has 5 rings (SSSR count). The molecule has 0 saturated carbocycles. The lowest BCUT2D eigenvalue weighted by Crippen LogP contribution is -2.17. The summed E-state index contributed by atoms with van der Waals surface area (Å²) in [6, 6.07) is 22.8. The fourth-order valence-corrected chi connectivity index (χ4v) is 4.64. The minimum Gasteiger partial charge on any atom is -0.497 e. The van der Waals surface area contributed by atoms with Crippen LogP contribution in [0.3, 0.4) is 0 Å². The molecule has 9 heteroatoms. The highest BCUT2D eigenvalue weighted by Crippen LogP contribution is 2.35. The summed E-state index contributed by atoms with van der Waals surface area (Å²) in [5.41, 5.74) is 3.06. The van der Waals surface area contributed by atoms with E-state index < -0.39 is 5.92 Å². The van der Waals surface area contributed by atoms with E-state index in [0.717, 1.165) is 33.3 Å². The van der Waals surface area contributed by atoms with Gasteiger partial charge in [0.2, 0.25) is 0 Å². The van der Waals surface area contributed by atoms with Gasteiger partial charge in [-0.15, -0.1) is 6.42 Å². The molecular weight excluding hydrogens is 558 g/mol. The SMILES string of the molecule is C#Cc1cccc(Nc2ncnc3cc(OCCOC)c(OCCOC(=O)C(C)c4ccc5cc(OC)ccc5c4)cc23)c1. The number of carbonyl (C=O) groups is 1. The van der Waals surface area contributed by atoms with Crippen molar-refractivity contribution in [3.05, 3.63) is 90.3 Å². The van der Waals surface area contributed by atoms with Crippen LogP contribution in [0.15, 0.2) is 79.1 Å². The fraction of sp³-hybridized carbons (Fsp3) is 0.229. The Labute approximate surface area is 256 Å². The Balaban J connectivity index is 1.28. The molecule has 1 heterocycles. The zero-order valence-electron chi connectivity index (χ0n) is 24.8. The summed E-state index contributed by atoms with van der Waals surface area (Å²) in [6.45, 7) is 2.71. The number of carbonyl (C=O) groups excluding carboxylic acids is 1. The molecule has 0 saturated heterocycles. The first-order chi connectivity index (χ1) is 21.5. The maximum Gasteiger partial charge on any atom is 0.313 e. The van der Waals surface area contributed by atoms with Gasteiger partial charge in [0.15, 0.2) is 11.5 Å². The second-order valence-electron chi connectivity index (χ2n) is 9.94. The third-order valence-corrected chi connectivity index (χ3v) is 7.05. The van der Waals surface area contributed by atoms with Crippen molar-refractivity contribution in [3.63, 3.8) is 0 Å². The molecule has 0 bridgehead atoms. The Morgan fingerprint density at radius 2 is 1.66 bits per heavy atom. The molecule has 4 aromatic carbocycles. The van der Waals surface area contributed by atoms with Gasteiger partial charge in [-0.1, -0.05) is 36.3 Å². The molecule has 0 aliphatic heterocycles. The van der Waals surface area contributed by atoms with E-state index in [9.17, 15) is 4.79 Å². The van der Waals surface area contributed by atoms with Crippen LogP contribution in [0, 0.1) is 12.3 Å². The van der Waals surface area contributed by atoms with Gasteiger partial charge in [-0.3, -0.25) is 4.79 Å². The van der Waals surface area contributed by atoms with Gasteiger partial charge in [0.1, 0.15) is 37.7 Å². The topological polar surface area (TPSA) is 101 Å². The highest BCUT2D eigenvalue weighted by Gasteiger charge is 2.18. The number of ether oxygens (including phenoxy) is 5. The first kappa shape index (κ1) is 30.1. The van der Waals surface area contributed by atoms with Gasteiger partial charge in [-0.2, -0.15) is 0 Å². The molecule has 0 fully saturated rings. The Hall–Kier alpha value is -5.33. The van der Waals surface area contributed by atoms with Gasteiger partial charge in [-0.05, 0) is 59.7 Å². The van der Waals surface area contributed by atoms with Crippen molar-refractivity contribution in [2.45, 2.75) is 12.8 Å². The average Bonchev–Trinajstić information content (AvgIpc) is 3.06. The van der Waals surface area contributed by atoms with Crippen molar-refractivity contribution in [1.82, 2.24) is 9.97 Å². The second-order valence-corrected chi connectivity index (χ2v) is 9.94. The van der Waals surface area contributed by atoms with Crippen LogP contribution in [0.5, 0.6) is 17.2 Å². The van der Waals surface area contributed by atoms with Crippen molar-refractivity contribution >= 4 is 39.1 Å². The lowest BCUT2D eigenvalue weighted by atomic mass is 9.98. The van der Waals surface area contributed by atoms with Crippen molar-refractivity contribution in [2.75, 3.05) is 46.0 Å². The predicted octanol–water partition coefficient (Wildman–Crippen LogP) is 6.27. The zero-order valence-corrected chi connectivity index (χ0v) is 24.8. The molecule has 0 spiro atoms. The van der Waals surface area contributed by atoms with Gasteiger partial charge in [0.05, 0.1) is 25.2 Å². The molecule has 224 valence electrons. The van der Waals surface area contributed by atoms with E-state index in [1.165, 1.54) is 6.33 Å². The molecule has 5 aromatic rings. The van der Waals surface area contributed by atoms with Gasteiger partial charge >= 0.3 is 5.97 Å². The zero-order chi connectivity index (χ0) is 30.9. The number of rotatable bonds is 13. The first-order valence-corrected chi connectivity index (χ1v) is 14.1. The maximum absolute atomic E-state index is 12.9. The second kappa shape index (κ2) is 14.2. The molecule has 0 aliphatic carbocycles.